The number of aromatic nitrogens is 2. The van der Waals surface area contributed by atoms with E-state index < -0.39 is 11.6 Å². The standard InChI is InChI=1S/C19H20ClN5O2/c1-2-15(26)19(10-22-7-8-25(19)18(21)27)17-23-14-9-12(20)5-6-13(14)16(24-17)11-3-4-11/h2,5-6,9,11,22H,1,3-4,7-8,10H2,(H2,21,27). The Bertz CT molecular complexity index is 959. The molecule has 1 saturated carbocycles. The number of nitrogens with one attached hydrogen (secondary N) is 1. The number of hydrogen-bond acceptors (Lipinski definition) is 5. The summed E-state index contributed by atoms with van der Waals surface area (Å²) in [6.45, 7) is 4.61. The van der Waals surface area contributed by atoms with Gasteiger partial charge in [0.15, 0.2) is 17.1 Å². The van der Waals surface area contributed by atoms with Crippen molar-refractivity contribution in [2.45, 2.75) is 24.3 Å². The summed E-state index contributed by atoms with van der Waals surface area (Å²) in [5.41, 5.74) is 5.75. The molecule has 27 heavy (non-hydrogen) atoms. The van der Waals surface area contributed by atoms with Crippen molar-refractivity contribution < 1.29 is 9.59 Å². The number of urea groups is 1. The highest BCUT2D eigenvalue weighted by Crippen LogP contribution is 2.43. The van der Waals surface area contributed by atoms with E-state index in [1.54, 1.807) is 12.1 Å². The largest absolute Gasteiger partial charge is 0.351 e. The molecule has 140 valence electrons. The van der Waals surface area contributed by atoms with Crippen molar-refractivity contribution in [3.05, 3.63) is 47.4 Å². The first-order valence-corrected chi connectivity index (χ1v) is 9.27. The van der Waals surface area contributed by atoms with E-state index in [0.29, 0.717) is 23.0 Å². The Kier molecular flexibility index (Phi) is 4.36. The summed E-state index contributed by atoms with van der Waals surface area (Å²) in [5.74, 6) is 0.219. The molecule has 0 spiro atoms. The predicted molar refractivity (Wildman–Crippen MR) is 103 cm³/mol. The number of nitrogens with two attached hydrogens (primary N) is 1. The lowest BCUT2D eigenvalue weighted by molar-refractivity contribution is -0.126. The summed E-state index contributed by atoms with van der Waals surface area (Å²) in [5, 5.41) is 4.64. The molecule has 0 bridgehead atoms. The van der Waals surface area contributed by atoms with E-state index in [9.17, 15) is 9.59 Å². The maximum Gasteiger partial charge on any atom is 0.316 e. The van der Waals surface area contributed by atoms with E-state index in [2.05, 4.69) is 16.9 Å². The summed E-state index contributed by atoms with van der Waals surface area (Å²) in [4.78, 5) is 35.9. The van der Waals surface area contributed by atoms with Gasteiger partial charge in [0.05, 0.1) is 11.2 Å². The molecule has 3 N–H and O–H groups in total. The minimum Gasteiger partial charge on any atom is -0.351 e. The fraction of sp³-hybridized carbons (Fsp3) is 0.368. The highest BCUT2D eigenvalue weighted by Gasteiger charge is 2.50. The molecule has 2 amide bonds. The van der Waals surface area contributed by atoms with Crippen LogP contribution in [0.1, 0.15) is 30.3 Å². The first kappa shape index (κ1) is 17.9. The highest BCUT2D eigenvalue weighted by molar-refractivity contribution is 6.31. The van der Waals surface area contributed by atoms with Crippen molar-refractivity contribution in [1.82, 2.24) is 20.2 Å². The van der Waals surface area contributed by atoms with Crippen molar-refractivity contribution in [2.75, 3.05) is 19.6 Å². The van der Waals surface area contributed by atoms with Crippen LogP contribution in [-0.4, -0.2) is 46.3 Å². The zero-order valence-electron chi connectivity index (χ0n) is 14.7. The first-order valence-electron chi connectivity index (χ1n) is 8.89. The van der Waals surface area contributed by atoms with Gasteiger partial charge in [0.2, 0.25) is 0 Å². The number of benzene rings is 1. The lowest BCUT2D eigenvalue weighted by atomic mass is 9.88. The van der Waals surface area contributed by atoms with Gasteiger partial charge in [-0.2, -0.15) is 0 Å². The van der Waals surface area contributed by atoms with Gasteiger partial charge in [0.1, 0.15) is 0 Å². The number of rotatable bonds is 4. The zero-order valence-corrected chi connectivity index (χ0v) is 15.5. The van der Waals surface area contributed by atoms with Gasteiger partial charge in [0, 0.05) is 36.0 Å². The minimum atomic E-state index is -1.41. The first-order chi connectivity index (χ1) is 13.0. The van der Waals surface area contributed by atoms with E-state index >= 15 is 0 Å². The van der Waals surface area contributed by atoms with Crippen LogP contribution < -0.4 is 11.1 Å². The number of piperazine rings is 1. The topological polar surface area (TPSA) is 101 Å². The molecule has 4 rings (SSSR count). The van der Waals surface area contributed by atoms with Crippen LogP contribution in [0, 0.1) is 0 Å². The van der Waals surface area contributed by atoms with Crippen molar-refractivity contribution in [2.24, 2.45) is 5.73 Å². The Labute approximate surface area is 161 Å². The average Bonchev–Trinajstić information content (AvgIpc) is 3.51. The molecule has 2 heterocycles. The van der Waals surface area contributed by atoms with Gasteiger partial charge < -0.3 is 16.0 Å². The third kappa shape index (κ3) is 2.87. The molecule has 2 aromatic rings. The SMILES string of the molecule is C=CC(=O)C1(c2nc(C3CC3)c3ccc(Cl)cc3n2)CNCCN1C(N)=O. The normalized spacial score (nSPS) is 22.6. The molecule has 8 heteroatoms. The van der Waals surface area contributed by atoms with Gasteiger partial charge in [-0.1, -0.05) is 18.2 Å². The Balaban J connectivity index is 2.00. The van der Waals surface area contributed by atoms with Crippen molar-refractivity contribution in [3.63, 3.8) is 0 Å². The van der Waals surface area contributed by atoms with E-state index in [-0.39, 0.29) is 24.7 Å². The molecular weight excluding hydrogens is 366 g/mol. The van der Waals surface area contributed by atoms with E-state index in [1.165, 1.54) is 11.0 Å². The third-order valence-corrected chi connectivity index (χ3v) is 5.47. The monoisotopic (exact) mass is 385 g/mol. The molecule has 0 radical (unpaired) electrons. The van der Waals surface area contributed by atoms with Crippen LogP contribution in [0.5, 0.6) is 0 Å². The van der Waals surface area contributed by atoms with Crippen LogP contribution in [0.15, 0.2) is 30.9 Å². The number of carbonyl (C=O) groups excluding carboxylic acids is 2. The highest BCUT2D eigenvalue weighted by atomic mass is 35.5. The number of carbonyl (C=O) groups is 2. The number of fused-ring (bicyclic) bond motifs is 1. The maximum absolute atomic E-state index is 13.0. The molecular formula is C19H20ClN5O2. The minimum absolute atomic E-state index is 0.178. The van der Waals surface area contributed by atoms with Gasteiger partial charge in [-0.05, 0) is 37.1 Å². The maximum atomic E-state index is 13.0. The molecule has 1 saturated heterocycles. The van der Waals surface area contributed by atoms with E-state index in [0.717, 1.165) is 23.9 Å². The van der Waals surface area contributed by atoms with Crippen LogP contribution in [0.4, 0.5) is 4.79 Å². The van der Waals surface area contributed by atoms with Gasteiger partial charge in [-0.3, -0.25) is 4.79 Å². The molecule has 7 nitrogen and oxygen atoms in total. The molecule has 1 atom stereocenters. The van der Waals surface area contributed by atoms with Crippen LogP contribution in [0.2, 0.25) is 5.02 Å². The summed E-state index contributed by atoms with van der Waals surface area (Å²) < 4.78 is 0. The van der Waals surface area contributed by atoms with E-state index in [4.69, 9.17) is 22.3 Å². The molecule has 1 unspecified atom stereocenters. The molecule has 2 aliphatic rings. The zero-order chi connectivity index (χ0) is 19.2. The summed E-state index contributed by atoms with van der Waals surface area (Å²) >= 11 is 6.17. The number of primary amides is 1. The Morgan fingerprint density at radius 1 is 1.37 bits per heavy atom. The van der Waals surface area contributed by atoms with Crippen LogP contribution >= 0.6 is 11.6 Å². The summed E-state index contributed by atoms with van der Waals surface area (Å²) in [6.07, 6.45) is 3.27. The van der Waals surface area contributed by atoms with Crippen molar-refractivity contribution >= 4 is 34.3 Å². The van der Waals surface area contributed by atoms with Crippen LogP contribution in [0.3, 0.4) is 0 Å². The fourth-order valence-corrected chi connectivity index (χ4v) is 3.89. The van der Waals surface area contributed by atoms with Gasteiger partial charge in [-0.25, -0.2) is 14.8 Å². The second kappa shape index (κ2) is 6.58. The predicted octanol–water partition coefficient (Wildman–Crippen LogP) is 2.09. The van der Waals surface area contributed by atoms with Gasteiger partial charge in [-0.15, -0.1) is 0 Å². The Morgan fingerprint density at radius 2 is 2.15 bits per heavy atom. The summed E-state index contributed by atoms with van der Waals surface area (Å²) in [6, 6.07) is 4.78. The van der Waals surface area contributed by atoms with E-state index in [1.807, 2.05) is 6.07 Å². The summed E-state index contributed by atoms with van der Waals surface area (Å²) in [7, 11) is 0. The average molecular weight is 386 g/mol. The fourth-order valence-electron chi connectivity index (χ4n) is 3.72. The van der Waals surface area contributed by atoms with Crippen molar-refractivity contribution in [3.8, 4) is 0 Å². The second-order valence-corrected chi connectivity index (χ2v) is 7.40. The van der Waals surface area contributed by atoms with Crippen LogP contribution in [-0.2, 0) is 10.3 Å². The van der Waals surface area contributed by atoms with Gasteiger partial charge >= 0.3 is 6.03 Å². The number of ketones is 1. The number of amides is 2. The molecule has 1 aromatic carbocycles. The lowest BCUT2D eigenvalue weighted by Crippen LogP contribution is -2.66. The molecule has 1 aliphatic carbocycles. The molecule has 2 fully saturated rings. The number of halogens is 1. The Hall–Kier alpha value is -2.51. The van der Waals surface area contributed by atoms with Crippen LogP contribution in [0.25, 0.3) is 10.9 Å². The smallest absolute Gasteiger partial charge is 0.316 e. The number of hydrogen-bond donors (Lipinski definition) is 2. The lowest BCUT2D eigenvalue weighted by Gasteiger charge is -2.43. The second-order valence-electron chi connectivity index (χ2n) is 6.96. The molecule has 1 aliphatic heterocycles. The Morgan fingerprint density at radius 3 is 2.81 bits per heavy atom. The quantitative estimate of drug-likeness (QED) is 0.785. The van der Waals surface area contributed by atoms with Gasteiger partial charge in [0.25, 0.3) is 0 Å². The number of nitrogens with zero attached hydrogens (tertiary/aromatic N) is 3. The third-order valence-electron chi connectivity index (χ3n) is 5.24. The van der Waals surface area contributed by atoms with Crippen molar-refractivity contribution in [1.29, 1.82) is 0 Å². The molecule has 1 aromatic heterocycles.